The lowest BCUT2D eigenvalue weighted by Crippen LogP contribution is -2.00. The van der Waals surface area contributed by atoms with Crippen LogP contribution in [-0.4, -0.2) is 14.7 Å². The van der Waals surface area contributed by atoms with E-state index in [1.54, 1.807) is 48.5 Å². The Kier molecular flexibility index (Phi) is 3.93. The quantitative estimate of drug-likeness (QED) is 0.867. The van der Waals surface area contributed by atoms with Gasteiger partial charge in [-0.2, -0.15) is 0 Å². The van der Waals surface area contributed by atoms with Gasteiger partial charge >= 0.3 is 0 Å². The monoisotopic (exact) mass is 279 g/mol. The van der Waals surface area contributed by atoms with Crippen LogP contribution in [0.15, 0.2) is 74.2 Å². The summed E-state index contributed by atoms with van der Waals surface area (Å²) in [7, 11) is -4.24. The van der Waals surface area contributed by atoms with E-state index in [2.05, 4.69) is 3.77 Å². The van der Waals surface area contributed by atoms with E-state index in [0.29, 0.717) is 9.79 Å². The van der Waals surface area contributed by atoms with Crippen LogP contribution in [0.25, 0.3) is 0 Å². The van der Waals surface area contributed by atoms with Crippen LogP contribution >= 0.6 is 0 Å². The van der Waals surface area contributed by atoms with Gasteiger partial charge in [-0.25, -0.2) is 8.42 Å². The average Bonchev–Trinajstić information content (AvgIpc) is 2.40. The molecular formula is C13H13NO2S2. The molecule has 2 aromatic rings. The standard InChI is InChI=1S/C13H13NO2S2/c1-18(16,13-10-6-3-7-11-13)14-17(15)12-8-4-2-5-9-12/h2-11H,1H3/t17?,18-/m1/s1. The maximum Gasteiger partial charge on any atom is 0.181 e. The van der Waals surface area contributed by atoms with E-state index in [1.165, 1.54) is 6.26 Å². The van der Waals surface area contributed by atoms with Crippen molar-refractivity contribution in [3.05, 3.63) is 60.7 Å². The Hall–Kier alpha value is -1.46. The highest BCUT2D eigenvalue weighted by Crippen LogP contribution is 2.15. The molecule has 0 bridgehead atoms. The third-order valence-electron chi connectivity index (χ3n) is 2.34. The van der Waals surface area contributed by atoms with E-state index >= 15 is 0 Å². The minimum absolute atomic E-state index is 0.558. The first kappa shape index (κ1) is 13.0. The summed E-state index contributed by atoms with van der Waals surface area (Å²) in [5.74, 6) is 0. The van der Waals surface area contributed by atoms with Crippen LogP contribution in [0.2, 0.25) is 0 Å². The zero-order valence-corrected chi connectivity index (χ0v) is 11.5. The van der Waals surface area contributed by atoms with Gasteiger partial charge in [-0.1, -0.05) is 36.4 Å². The molecule has 2 atom stereocenters. The molecule has 2 rings (SSSR count). The van der Waals surface area contributed by atoms with Crippen molar-refractivity contribution in [3.8, 4) is 0 Å². The topological polar surface area (TPSA) is 46.5 Å². The summed E-state index contributed by atoms with van der Waals surface area (Å²) in [4.78, 5) is 1.15. The summed E-state index contributed by atoms with van der Waals surface area (Å²) in [6.07, 6.45) is 1.50. The summed E-state index contributed by atoms with van der Waals surface area (Å²) < 4.78 is 28.4. The maximum absolute atomic E-state index is 12.4. The van der Waals surface area contributed by atoms with Crippen LogP contribution < -0.4 is 0 Å². The smallest absolute Gasteiger partial charge is 0.181 e. The third-order valence-corrected chi connectivity index (χ3v) is 5.84. The Morgan fingerprint density at radius 3 is 2.00 bits per heavy atom. The van der Waals surface area contributed by atoms with Crippen LogP contribution in [0.5, 0.6) is 0 Å². The molecule has 0 amide bonds. The lowest BCUT2D eigenvalue weighted by Gasteiger charge is -2.03. The summed E-state index contributed by atoms with van der Waals surface area (Å²) in [5, 5.41) is 0. The van der Waals surface area contributed by atoms with E-state index < -0.39 is 20.7 Å². The second-order valence-corrected chi connectivity index (χ2v) is 7.39. The van der Waals surface area contributed by atoms with Gasteiger partial charge in [0.1, 0.15) is 0 Å². The zero-order valence-electron chi connectivity index (χ0n) is 9.85. The van der Waals surface area contributed by atoms with Crippen molar-refractivity contribution in [1.29, 1.82) is 0 Å². The second kappa shape index (κ2) is 5.46. The van der Waals surface area contributed by atoms with Crippen molar-refractivity contribution >= 4 is 20.7 Å². The SMILES string of the molecule is C[S@](=O)(=NS(=O)c1ccccc1)c1ccccc1. The minimum atomic E-state index is -2.63. The maximum atomic E-state index is 12.4. The molecule has 0 aliphatic rings. The highest BCUT2D eigenvalue weighted by molar-refractivity contribution is 8.00. The Morgan fingerprint density at radius 2 is 1.44 bits per heavy atom. The molecule has 1 unspecified atom stereocenters. The molecule has 5 heteroatoms. The molecule has 0 aliphatic heterocycles. The predicted octanol–water partition coefficient (Wildman–Crippen LogP) is 2.87. The van der Waals surface area contributed by atoms with Gasteiger partial charge in [0.25, 0.3) is 0 Å². The van der Waals surface area contributed by atoms with E-state index in [1.807, 2.05) is 12.1 Å². The summed E-state index contributed by atoms with van der Waals surface area (Å²) in [6.45, 7) is 0. The van der Waals surface area contributed by atoms with Crippen LogP contribution in [0.1, 0.15) is 0 Å². The van der Waals surface area contributed by atoms with Crippen LogP contribution in [0, 0.1) is 0 Å². The van der Waals surface area contributed by atoms with E-state index in [-0.39, 0.29) is 0 Å². The number of hydrogen-bond acceptors (Lipinski definition) is 2. The molecule has 3 nitrogen and oxygen atoms in total. The Balaban J connectivity index is 2.40. The van der Waals surface area contributed by atoms with Crippen molar-refractivity contribution in [2.45, 2.75) is 9.79 Å². The normalized spacial score (nSPS) is 15.6. The lowest BCUT2D eigenvalue weighted by molar-refractivity contribution is 0.677. The number of benzene rings is 2. The molecule has 0 spiro atoms. The Bertz CT molecular complexity index is 660. The highest BCUT2D eigenvalue weighted by atomic mass is 32.3. The van der Waals surface area contributed by atoms with E-state index in [0.717, 1.165) is 0 Å². The minimum Gasteiger partial charge on any atom is -0.244 e. The number of rotatable bonds is 3. The van der Waals surface area contributed by atoms with Gasteiger partial charge in [0.05, 0.1) is 14.6 Å². The molecule has 0 radical (unpaired) electrons. The number of hydrogen-bond donors (Lipinski definition) is 0. The Labute approximate surface area is 110 Å². The van der Waals surface area contributed by atoms with Crippen molar-refractivity contribution < 1.29 is 8.42 Å². The van der Waals surface area contributed by atoms with Crippen molar-refractivity contribution in [2.24, 2.45) is 3.77 Å². The molecule has 94 valence electrons. The molecule has 0 N–H and O–H groups in total. The van der Waals surface area contributed by atoms with Crippen LogP contribution in [-0.2, 0) is 20.7 Å². The number of nitrogens with zero attached hydrogens (tertiary/aromatic N) is 1. The highest BCUT2D eigenvalue weighted by Gasteiger charge is 2.09. The molecule has 0 saturated heterocycles. The second-order valence-electron chi connectivity index (χ2n) is 3.75. The lowest BCUT2D eigenvalue weighted by atomic mass is 10.4. The van der Waals surface area contributed by atoms with Gasteiger partial charge < -0.3 is 0 Å². The molecule has 2 aromatic carbocycles. The van der Waals surface area contributed by atoms with Crippen molar-refractivity contribution in [2.75, 3.05) is 6.26 Å². The first-order valence-electron chi connectivity index (χ1n) is 5.34. The van der Waals surface area contributed by atoms with Crippen LogP contribution in [0.3, 0.4) is 0 Å². The fourth-order valence-corrected chi connectivity index (χ4v) is 4.20. The fraction of sp³-hybridized carbons (Fsp3) is 0.0769. The first-order chi connectivity index (χ1) is 8.59. The van der Waals surface area contributed by atoms with Gasteiger partial charge in [0.2, 0.25) is 0 Å². The summed E-state index contributed by atoms with van der Waals surface area (Å²) in [6, 6.07) is 17.7. The van der Waals surface area contributed by atoms with Crippen molar-refractivity contribution in [3.63, 3.8) is 0 Å². The molecule has 0 aliphatic carbocycles. The van der Waals surface area contributed by atoms with Gasteiger partial charge in [-0.3, -0.25) is 0 Å². The van der Waals surface area contributed by atoms with Gasteiger partial charge in [0, 0.05) is 11.2 Å². The Morgan fingerprint density at radius 1 is 0.944 bits per heavy atom. The van der Waals surface area contributed by atoms with Gasteiger partial charge in [-0.05, 0) is 24.3 Å². The third kappa shape index (κ3) is 3.05. The van der Waals surface area contributed by atoms with E-state index in [4.69, 9.17) is 0 Å². The molecule has 0 saturated carbocycles. The summed E-state index contributed by atoms with van der Waals surface area (Å²) >= 11 is 0. The van der Waals surface area contributed by atoms with Gasteiger partial charge in [-0.15, -0.1) is 3.77 Å². The zero-order chi connectivity index (χ0) is 13.0. The average molecular weight is 279 g/mol. The molecule has 18 heavy (non-hydrogen) atoms. The van der Waals surface area contributed by atoms with Crippen LogP contribution in [0.4, 0.5) is 0 Å². The summed E-state index contributed by atoms with van der Waals surface area (Å²) in [5.41, 5.74) is 0. The largest absolute Gasteiger partial charge is 0.244 e. The van der Waals surface area contributed by atoms with Gasteiger partial charge in [0.15, 0.2) is 11.0 Å². The first-order valence-corrected chi connectivity index (χ1v) is 8.37. The molecule has 0 heterocycles. The molecule has 0 aromatic heterocycles. The molecular weight excluding hydrogens is 266 g/mol. The fourth-order valence-electron chi connectivity index (χ4n) is 1.43. The molecule has 0 fully saturated rings. The van der Waals surface area contributed by atoms with Crippen molar-refractivity contribution in [1.82, 2.24) is 0 Å². The van der Waals surface area contributed by atoms with E-state index in [9.17, 15) is 8.42 Å². The predicted molar refractivity (Wildman–Crippen MR) is 74.1 cm³/mol.